The number of piperazine rings is 1. The van der Waals surface area contributed by atoms with Gasteiger partial charge in [0.05, 0.1) is 0 Å². The lowest BCUT2D eigenvalue weighted by Gasteiger charge is -2.34. The summed E-state index contributed by atoms with van der Waals surface area (Å²) in [4.78, 5) is 39.6. The fraction of sp³-hybridized carbons (Fsp3) is 0.229. The molecule has 6 rings (SSSR count). The highest BCUT2D eigenvalue weighted by molar-refractivity contribution is 6.30. The zero-order valence-corrected chi connectivity index (χ0v) is 26.2. The van der Waals surface area contributed by atoms with Crippen molar-refractivity contribution >= 4 is 41.5 Å². The average Bonchev–Trinajstić information content (AvgIpc) is 3.52. The Hall–Kier alpha value is -4.37. The molecule has 3 aliphatic rings. The van der Waals surface area contributed by atoms with E-state index < -0.39 is 0 Å². The van der Waals surface area contributed by atoms with Crippen LogP contribution in [0.15, 0.2) is 109 Å². The smallest absolute Gasteiger partial charge is 0.260 e. The molecule has 45 heavy (non-hydrogen) atoms. The van der Waals surface area contributed by atoms with Crippen LogP contribution >= 0.6 is 24.0 Å². The molecule has 8 nitrogen and oxygen atoms in total. The summed E-state index contributed by atoms with van der Waals surface area (Å²) in [5.41, 5.74) is 2.63. The summed E-state index contributed by atoms with van der Waals surface area (Å²) in [5, 5.41) is 0.646. The summed E-state index contributed by atoms with van der Waals surface area (Å²) in [5.74, 6) is 1.76. The summed E-state index contributed by atoms with van der Waals surface area (Å²) < 4.78 is 16.3. The van der Waals surface area contributed by atoms with Crippen LogP contribution in [0.3, 0.4) is 0 Å². The number of rotatable bonds is 8. The summed E-state index contributed by atoms with van der Waals surface area (Å²) in [7, 11) is 0. The summed E-state index contributed by atoms with van der Waals surface area (Å²) in [6.45, 7) is 7.98. The minimum Gasteiger partial charge on any atom is -0.484 e. The first kappa shape index (κ1) is 33.5. The number of nitrogens with zero attached hydrogens (tertiary/aromatic N) is 2. The summed E-state index contributed by atoms with van der Waals surface area (Å²) in [6.07, 6.45) is 5.68. The van der Waals surface area contributed by atoms with Gasteiger partial charge in [-0.3, -0.25) is 19.3 Å². The van der Waals surface area contributed by atoms with Crippen LogP contribution in [-0.2, 0) is 20.9 Å². The average molecular weight is 650 g/mol. The number of carbonyl (C=O) groups is 3. The molecule has 1 saturated heterocycles. The Balaban J connectivity index is 0.000000222. The fourth-order valence-electron chi connectivity index (χ4n) is 5.09. The van der Waals surface area contributed by atoms with Crippen molar-refractivity contribution in [2.75, 3.05) is 39.6 Å². The van der Waals surface area contributed by atoms with Crippen molar-refractivity contribution in [1.29, 1.82) is 0 Å². The molecule has 10 heteroatoms. The first-order valence-corrected chi connectivity index (χ1v) is 14.7. The van der Waals surface area contributed by atoms with Crippen LogP contribution in [0, 0.1) is 0 Å². The van der Waals surface area contributed by atoms with E-state index in [4.69, 9.17) is 25.8 Å². The lowest BCUT2D eigenvalue weighted by molar-refractivity contribution is -0.135. The van der Waals surface area contributed by atoms with Crippen LogP contribution in [0.5, 0.6) is 17.2 Å². The van der Waals surface area contributed by atoms with Gasteiger partial charge in [0.2, 0.25) is 6.79 Å². The Labute approximate surface area is 273 Å². The van der Waals surface area contributed by atoms with Gasteiger partial charge in [0.25, 0.3) is 5.91 Å². The Morgan fingerprint density at radius 2 is 1.64 bits per heavy atom. The monoisotopic (exact) mass is 648 g/mol. The third-order valence-electron chi connectivity index (χ3n) is 7.45. The van der Waals surface area contributed by atoms with Crippen molar-refractivity contribution in [2.24, 2.45) is 0 Å². The maximum atomic E-state index is 12.4. The molecule has 0 N–H and O–H groups in total. The molecular formula is C35H34Cl2N2O6. The zero-order valence-electron chi connectivity index (χ0n) is 24.6. The molecular weight excluding hydrogens is 615 g/mol. The first-order valence-electron chi connectivity index (χ1n) is 14.3. The van der Waals surface area contributed by atoms with Gasteiger partial charge in [0, 0.05) is 49.2 Å². The van der Waals surface area contributed by atoms with Gasteiger partial charge in [-0.15, -0.1) is 19.0 Å². The lowest BCUT2D eigenvalue weighted by Crippen LogP contribution is -2.49. The van der Waals surface area contributed by atoms with Crippen molar-refractivity contribution in [2.45, 2.75) is 12.5 Å². The number of carbonyl (C=O) groups excluding carboxylic acids is 3. The Morgan fingerprint density at radius 1 is 0.933 bits per heavy atom. The highest BCUT2D eigenvalue weighted by Gasteiger charge is 2.23. The molecule has 2 aliphatic heterocycles. The second-order valence-corrected chi connectivity index (χ2v) is 10.8. The number of benzene rings is 3. The SMILES string of the molecule is C=CC(C1=CC(=O)C=CC1=O)c1ccccc1.Cl.O=C(COc1ccc(Cl)cc1)N1CCN(Cc2ccc3c(c2)OCO3)CC1. The van der Waals surface area contributed by atoms with Gasteiger partial charge in [0.1, 0.15) is 5.75 Å². The maximum Gasteiger partial charge on any atom is 0.260 e. The standard InChI is InChI=1S/C20H21ClN2O4.C15H12O2.ClH/c21-16-2-4-17(5-3-16)25-13-20(24)23-9-7-22(8-10-23)12-15-1-6-18-19(11-15)27-14-26-18;1-2-13(11-6-4-3-5-7-11)14-10-12(16)8-9-15(14)17;/h1-6,11H,7-10,12-14H2;2-10,13H,1H2;1H. The van der Waals surface area contributed by atoms with E-state index in [-0.39, 0.29) is 49.2 Å². The number of halogens is 2. The van der Waals surface area contributed by atoms with Gasteiger partial charge in [0.15, 0.2) is 29.7 Å². The molecule has 0 saturated carbocycles. The van der Waals surface area contributed by atoms with E-state index in [1.807, 2.05) is 47.4 Å². The minimum atomic E-state index is -0.224. The predicted molar refractivity (Wildman–Crippen MR) is 175 cm³/mol. The van der Waals surface area contributed by atoms with Gasteiger partial charge >= 0.3 is 0 Å². The van der Waals surface area contributed by atoms with Gasteiger partial charge in [-0.25, -0.2) is 0 Å². The van der Waals surface area contributed by atoms with Crippen LogP contribution in [0.2, 0.25) is 5.02 Å². The van der Waals surface area contributed by atoms with E-state index >= 15 is 0 Å². The number of allylic oxidation sites excluding steroid dienone is 5. The van der Waals surface area contributed by atoms with E-state index in [9.17, 15) is 14.4 Å². The second-order valence-electron chi connectivity index (χ2n) is 10.4. The maximum absolute atomic E-state index is 12.4. The molecule has 1 atom stereocenters. The quantitative estimate of drug-likeness (QED) is 0.225. The molecule has 1 amide bonds. The van der Waals surface area contributed by atoms with Gasteiger partial charge in [-0.2, -0.15) is 0 Å². The summed E-state index contributed by atoms with van der Waals surface area (Å²) >= 11 is 5.85. The highest BCUT2D eigenvalue weighted by Crippen LogP contribution is 2.33. The second kappa shape index (κ2) is 16.1. The van der Waals surface area contributed by atoms with Crippen molar-refractivity contribution in [3.63, 3.8) is 0 Å². The topological polar surface area (TPSA) is 85.4 Å². The molecule has 3 aromatic rings. The molecule has 1 unspecified atom stereocenters. The number of hydrogen-bond acceptors (Lipinski definition) is 7. The molecule has 2 heterocycles. The lowest BCUT2D eigenvalue weighted by atomic mass is 9.86. The summed E-state index contributed by atoms with van der Waals surface area (Å²) in [6, 6.07) is 22.6. The van der Waals surface area contributed by atoms with Crippen molar-refractivity contribution < 1.29 is 28.6 Å². The number of fused-ring (bicyclic) bond motifs is 1. The number of ether oxygens (including phenoxy) is 3. The normalized spacial score (nSPS) is 16.1. The molecule has 234 valence electrons. The predicted octanol–water partition coefficient (Wildman–Crippen LogP) is 5.80. The van der Waals surface area contributed by atoms with Crippen molar-refractivity contribution in [3.8, 4) is 17.2 Å². The molecule has 3 aromatic carbocycles. The van der Waals surface area contributed by atoms with Crippen LogP contribution in [-0.4, -0.2) is 66.9 Å². The molecule has 0 spiro atoms. The highest BCUT2D eigenvalue weighted by atomic mass is 35.5. The largest absolute Gasteiger partial charge is 0.484 e. The molecule has 0 bridgehead atoms. The van der Waals surface area contributed by atoms with Crippen LogP contribution in [0.4, 0.5) is 0 Å². The van der Waals surface area contributed by atoms with E-state index in [1.165, 1.54) is 23.8 Å². The van der Waals surface area contributed by atoms with Crippen LogP contribution in [0.1, 0.15) is 17.0 Å². The van der Waals surface area contributed by atoms with Crippen molar-refractivity contribution in [1.82, 2.24) is 9.80 Å². The van der Waals surface area contributed by atoms with Gasteiger partial charge < -0.3 is 19.1 Å². The third-order valence-corrected chi connectivity index (χ3v) is 7.71. The van der Waals surface area contributed by atoms with Gasteiger partial charge in [-0.1, -0.05) is 54.1 Å². The molecule has 1 aliphatic carbocycles. The van der Waals surface area contributed by atoms with E-state index in [2.05, 4.69) is 17.5 Å². The molecule has 1 fully saturated rings. The minimum absolute atomic E-state index is 0. The molecule has 0 aromatic heterocycles. The van der Waals surface area contributed by atoms with Crippen molar-refractivity contribution in [3.05, 3.63) is 125 Å². The Morgan fingerprint density at radius 3 is 2.36 bits per heavy atom. The number of amides is 1. The zero-order chi connectivity index (χ0) is 30.9. The van der Waals surface area contributed by atoms with Crippen LogP contribution in [0.25, 0.3) is 0 Å². The van der Waals surface area contributed by atoms with E-state index in [1.54, 1.807) is 30.3 Å². The van der Waals surface area contributed by atoms with E-state index in [0.717, 1.165) is 36.7 Å². The Bertz CT molecular complexity index is 1560. The third kappa shape index (κ3) is 9.08. The van der Waals surface area contributed by atoms with E-state index in [0.29, 0.717) is 29.4 Å². The fourth-order valence-corrected chi connectivity index (χ4v) is 5.22. The first-order chi connectivity index (χ1) is 21.4. The number of hydrogen-bond donors (Lipinski definition) is 0. The molecule has 0 radical (unpaired) electrons. The van der Waals surface area contributed by atoms with Crippen LogP contribution < -0.4 is 14.2 Å². The Kier molecular flexibility index (Phi) is 12.0. The van der Waals surface area contributed by atoms with Gasteiger partial charge in [-0.05, 0) is 65.8 Å². The number of ketones is 2.